The van der Waals surface area contributed by atoms with Crippen molar-refractivity contribution < 1.29 is 4.79 Å². The molecule has 0 spiro atoms. The zero-order valence-electron chi connectivity index (χ0n) is 11.1. The highest BCUT2D eigenvalue weighted by Crippen LogP contribution is 2.35. The van der Waals surface area contributed by atoms with Gasteiger partial charge in [0.05, 0.1) is 11.4 Å². The van der Waals surface area contributed by atoms with Gasteiger partial charge in [0, 0.05) is 11.4 Å². The molecule has 1 aliphatic heterocycles. The molecule has 0 aromatic heterocycles. The molecule has 1 heterocycles. The average molecular weight is 287 g/mol. The molecular formula is C16H15ClN2O. The summed E-state index contributed by atoms with van der Waals surface area (Å²) in [6.07, 6.45) is 0. The number of nitrogens with zero attached hydrogens (tertiary/aromatic N) is 1. The fourth-order valence-electron chi connectivity index (χ4n) is 2.54. The molecule has 2 aromatic rings. The minimum Gasteiger partial charge on any atom is -0.361 e. The minimum atomic E-state index is -0.644. The number of amides is 1. The summed E-state index contributed by atoms with van der Waals surface area (Å²) in [5.74, 6) is 0.260. The van der Waals surface area contributed by atoms with Crippen molar-refractivity contribution in [2.24, 2.45) is 0 Å². The van der Waals surface area contributed by atoms with E-state index in [0.29, 0.717) is 11.4 Å². The predicted molar refractivity (Wildman–Crippen MR) is 82.4 cm³/mol. The lowest BCUT2D eigenvalue weighted by Gasteiger charge is -2.45. The predicted octanol–water partition coefficient (Wildman–Crippen LogP) is 3.71. The van der Waals surface area contributed by atoms with Crippen LogP contribution in [0.2, 0.25) is 0 Å². The monoisotopic (exact) mass is 286 g/mol. The van der Waals surface area contributed by atoms with E-state index in [1.807, 2.05) is 61.5 Å². The van der Waals surface area contributed by atoms with Crippen molar-refractivity contribution in [3.8, 4) is 0 Å². The molecule has 3 nitrogen and oxygen atoms in total. The highest BCUT2D eigenvalue weighted by molar-refractivity contribution is 6.21. The van der Waals surface area contributed by atoms with Crippen LogP contribution in [0.3, 0.4) is 0 Å². The summed E-state index contributed by atoms with van der Waals surface area (Å²) in [6.45, 7) is 1.93. The number of halogens is 1. The number of nitrogens with one attached hydrogen (secondary N) is 1. The van der Waals surface area contributed by atoms with Gasteiger partial charge in [0.2, 0.25) is 0 Å². The highest BCUT2D eigenvalue weighted by atomic mass is 35.5. The van der Waals surface area contributed by atoms with Gasteiger partial charge in [-0.3, -0.25) is 9.69 Å². The van der Waals surface area contributed by atoms with Gasteiger partial charge in [0.25, 0.3) is 5.91 Å². The normalized spacial score (nSPS) is 21.3. The number of carbonyl (C=O) groups is 1. The zero-order valence-corrected chi connectivity index (χ0v) is 11.9. The van der Waals surface area contributed by atoms with Gasteiger partial charge in [0.1, 0.15) is 5.66 Å². The molecule has 1 N–H and O–H groups in total. The summed E-state index contributed by atoms with van der Waals surface area (Å²) < 4.78 is 0. The van der Waals surface area contributed by atoms with Gasteiger partial charge in [-0.05, 0) is 31.2 Å². The first-order valence-corrected chi connectivity index (χ1v) is 7.02. The second-order valence-electron chi connectivity index (χ2n) is 5.05. The number of benzene rings is 2. The largest absolute Gasteiger partial charge is 0.361 e. The number of hydrogen-bond acceptors (Lipinski definition) is 2. The van der Waals surface area contributed by atoms with Crippen molar-refractivity contribution in [3.05, 3.63) is 60.2 Å². The molecule has 2 aromatic carbocycles. The van der Waals surface area contributed by atoms with Crippen LogP contribution in [0.15, 0.2) is 54.6 Å². The van der Waals surface area contributed by atoms with Crippen molar-refractivity contribution in [1.82, 2.24) is 0 Å². The number of para-hydroxylation sites is 2. The van der Waals surface area contributed by atoms with Gasteiger partial charge in [-0.2, -0.15) is 0 Å². The Morgan fingerprint density at radius 2 is 1.75 bits per heavy atom. The van der Waals surface area contributed by atoms with E-state index in [2.05, 4.69) is 5.32 Å². The van der Waals surface area contributed by atoms with Gasteiger partial charge in [-0.15, -0.1) is 11.6 Å². The van der Waals surface area contributed by atoms with E-state index in [-0.39, 0.29) is 5.91 Å². The third kappa shape index (κ3) is 1.95. The Labute approximate surface area is 123 Å². The fraction of sp³-hybridized carbons (Fsp3) is 0.188. The maximum absolute atomic E-state index is 12.8. The lowest BCUT2D eigenvalue weighted by molar-refractivity contribution is 0.0962. The molecule has 0 radical (unpaired) electrons. The molecule has 0 unspecified atom stereocenters. The molecule has 4 heteroatoms. The Kier molecular flexibility index (Phi) is 3.14. The van der Waals surface area contributed by atoms with E-state index in [1.54, 1.807) is 4.90 Å². The lowest BCUT2D eigenvalue weighted by Crippen LogP contribution is -2.60. The second-order valence-corrected chi connectivity index (χ2v) is 5.32. The zero-order chi connectivity index (χ0) is 14.2. The summed E-state index contributed by atoms with van der Waals surface area (Å²) in [5.41, 5.74) is 1.68. The van der Waals surface area contributed by atoms with Crippen LogP contribution in [0.4, 0.5) is 11.4 Å². The van der Waals surface area contributed by atoms with Gasteiger partial charge < -0.3 is 5.32 Å². The maximum atomic E-state index is 12.8. The third-order valence-electron chi connectivity index (χ3n) is 3.53. The quantitative estimate of drug-likeness (QED) is 0.854. The Bertz CT molecular complexity index is 644. The molecule has 1 aliphatic rings. The van der Waals surface area contributed by atoms with Crippen LogP contribution in [0, 0.1) is 0 Å². The number of hydrogen-bond donors (Lipinski definition) is 1. The molecule has 0 fully saturated rings. The molecule has 20 heavy (non-hydrogen) atoms. The Balaban J connectivity index is 2.15. The first kappa shape index (κ1) is 13.0. The van der Waals surface area contributed by atoms with E-state index < -0.39 is 5.66 Å². The standard InChI is InChI=1S/C16H15ClN2O/c1-16(11-17)18-14-10-6-5-9-13(14)15(20)19(16)12-7-3-2-4-8-12/h2-10,18H,11H2,1H3/t16-/m0/s1. The molecule has 1 amide bonds. The summed E-state index contributed by atoms with van der Waals surface area (Å²) in [5, 5.41) is 3.38. The van der Waals surface area contributed by atoms with Gasteiger partial charge >= 0.3 is 0 Å². The Morgan fingerprint density at radius 3 is 2.45 bits per heavy atom. The SMILES string of the molecule is C[C@]1(CCl)Nc2ccccc2C(=O)N1c1ccccc1. The summed E-state index contributed by atoms with van der Waals surface area (Å²) >= 11 is 6.14. The van der Waals surface area contributed by atoms with Crippen LogP contribution in [0.25, 0.3) is 0 Å². The van der Waals surface area contributed by atoms with Gasteiger partial charge in [0.15, 0.2) is 0 Å². The van der Waals surface area contributed by atoms with Crippen molar-refractivity contribution in [3.63, 3.8) is 0 Å². The van der Waals surface area contributed by atoms with E-state index in [1.165, 1.54) is 0 Å². The van der Waals surface area contributed by atoms with E-state index in [4.69, 9.17) is 11.6 Å². The van der Waals surface area contributed by atoms with Crippen molar-refractivity contribution >= 4 is 28.9 Å². The number of anilines is 2. The molecule has 0 saturated carbocycles. The summed E-state index contributed by atoms with van der Waals surface area (Å²) in [4.78, 5) is 14.5. The third-order valence-corrected chi connectivity index (χ3v) is 4.05. The summed E-state index contributed by atoms with van der Waals surface area (Å²) in [7, 11) is 0. The molecule has 0 bridgehead atoms. The van der Waals surface area contributed by atoms with Gasteiger partial charge in [-0.25, -0.2) is 0 Å². The van der Waals surface area contributed by atoms with Gasteiger partial charge in [-0.1, -0.05) is 30.3 Å². The number of fused-ring (bicyclic) bond motifs is 1. The number of rotatable bonds is 2. The lowest BCUT2D eigenvalue weighted by atomic mass is 10.0. The smallest absolute Gasteiger partial charge is 0.262 e. The topological polar surface area (TPSA) is 32.3 Å². The molecule has 0 saturated heterocycles. The molecular weight excluding hydrogens is 272 g/mol. The second kappa shape index (κ2) is 4.84. The molecule has 3 rings (SSSR count). The van der Waals surface area contributed by atoms with Crippen molar-refractivity contribution in [1.29, 1.82) is 0 Å². The van der Waals surface area contributed by atoms with Crippen LogP contribution < -0.4 is 10.2 Å². The van der Waals surface area contributed by atoms with E-state index >= 15 is 0 Å². The summed E-state index contributed by atoms with van der Waals surface area (Å²) in [6, 6.07) is 17.1. The fourth-order valence-corrected chi connectivity index (χ4v) is 2.73. The first-order valence-electron chi connectivity index (χ1n) is 6.48. The highest BCUT2D eigenvalue weighted by Gasteiger charge is 2.41. The molecule has 102 valence electrons. The van der Waals surface area contributed by atoms with E-state index in [9.17, 15) is 4.79 Å². The van der Waals surface area contributed by atoms with Crippen LogP contribution >= 0.6 is 11.6 Å². The van der Waals surface area contributed by atoms with Crippen LogP contribution in [-0.2, 0) is 0 Å². The number of carbonyl (C=O) groups excluding carboxylic acids is 1. The van der Waals surface area contributed by atoms with Crippen molar-refractivity contribution in [2.45, 2.75) is 12.6 Å². The Morgan fingerprint density at radius 1 is 1.10 bits per heavy atom. The van der Waals surface area contributed by atoms with E-state index in [0.717, 1.165) is 11.4 Å². The Hall–Kier alpha value is -2.00. The average Bonchev–Trinajstić information content (AvgIpc) is 2.48. The minimum absolute atomic E-state index is 0.0336. The molecule has 0 aliphatic carbocycles. The van der Waals surface area contributed by atoms with Crippen LogP contribution in [-0.4, -0.2) is 17.5 Å². The number of alkyl halides is 1. The van der Waals surface area contributed by atoms with Crippen LogP contribution in [0.1, 0.15) is 17.3 Å². The first-order chi connectivity index (χ1) is 9.65. The maximum Gasteiger partial charge on any atom is 0.262 e. The van der Waals surface area contributed by atoms with Crippen LogP contribution in [0.5, 0.6) is 0 Å². The molecule has 1 atom stereocenters. The van der Waals surface area contributed by atoms with Crippen molar-refractivity contribution in [2.75, 3.05) is 16.1 Å².